The van der Waals surface area contributed by atoms with Gasteiger partial charge < -0.3 is 14.7 Å². The van der Waals surface area contributed by atoms with Crippen LogP contribution in [0.3, 0.4) is 0 Å². The summed E-state index contributed by atoms with van der Waals surface area (Å²) in [6.07, 6.45) is 2.89. The third-order valence-electron chi connectivity index (χ3n) is 5.50. The van der Waals surface area contributed by atoms with Crippen molar-refractivity contribution in [2.24, 2.45) is 10.9 Å². The first-order valence-corrected chi connectivity index (χ1v) is 10.4. The van der Waals surface area contributed by atoms with Crippen LogP contribution in [0.2, 0.25) is 0 Å². The van der Waals surface area contributed by atoms with E-state index in [1.165, 1.54) is 5.56 Å². The molecule has 160 valence electrons. The predicted molar refractivity (Wildman–Crippen MR) is 128 cm³/mol. The second-order valence-corrected chi connectivity index (χ2v) is 8.01. The number of guanidine groups is 1. The van der Waals surface area contributed by atoms with Gasteiger partial charge in [-0.2, -0.15) is 4.98 Å². The monoisotopic (exact) mass is 511 g/mol. The van der Waals surface area contributed by atoms with E-state index in [9.17, 15) is 0 Å². The van der Waals surface area contributed by atoms with E-state index in [1.54, 1.807) is 0 Å². The molecule has 1 N–H and O–H groups in total. The van der Waals surface area contributed by atoms with E-state index in [4.69, 9.17) is 4.52 Å². The lowest BCUT2D eigenvalue weighted by Crippen LogP contribution is -2.48. The fourth-order valence-electron chi connectivity index (χ4n) is 3.91. The van der Waals surface area contributed by atoms with E-state index in [0.29, 0.717) is 17.8 Å². The number of nitrogens with one attached hydrogen (secondary N) is 1. The Morgan fingerprint density at radius 2 is 2.07 bits per heavy atom. The van der Waals surface area contributed by atoms with Crippen LogP contribution in [-0.4, -0.2) is 47.7 Å². The molecule has 0 spiro atoms. The summed E-state index contributed by atoms with van der Waals surface area (Å²) in [7, 11) is 1.86. The first-order valence-electron chi connectivity index (χ1n) is 10.4. The summed E-state index contributed by atoms with van der Waals surface area (Å²) in [5.74, 6) is 4.03. The maximum Gasteiger partial charge on any atom is 0.226 e. The maximum absolute atomic E-state index is 5.31. The van der Waals surface area contributed by atoms with Crippen molar-refractivity contribution in [3.05, 3.63) is 47.6 Å². The Bertz CT molecular complexity index is 762. The minimum Gasteiger partial charge on any atom is -0.356 e. The zero-order valence-corrected chi connectivity index (χ0v) is 20.3. The fourth-order valence-corrected chi connectivity index (χ4v) is 3.91. The molecule has 1 aromatic heterocycles. The van der Waals surface area contributed by atoms with Gasteiger partial charge in [0, 0.05) is 39.0 Å². The quantitative estimate of drug-likeness (QED) is 0.269. The molecule has 7 heteroatoms. The van der Waals surface area contributed by atoms with Gasteiger partial charge in [0.05, 0.1) is 0 Å². The third-order valence-corrected chi connectivity index (χ3v) is 5.50. The largest absolute Gasteiger partial charge is 0.356 e. The van der Waals surface area contributed by atoms with Gasteiger partial charge in [0.15, 0.2) is 11.8 Å². The van der Waals surface area contributed by atoms with Gasteiger partial charge in [-0.3, -0.25) is 4.99 Å². The van der Waals surface area contributed by atoms with Crippen LogP contribution in [0, 0.1) is 5.92 Å². The number of aromatic nitrogens is 2. The van der Waals surface area contributed by atoms with E-state index < -0.39 is 0 Å². The number of aryl methyl sites for hydroxylation is 1. The lowest BCUT2D eigenvalue weighted by atomic mass is 9.82. The van der Waals surface area contributed by atoms with E-state index in [2.05, 4.69) is 76.5 Å². The molecule has 2 aromatic rings. The van der Waals surface area contributed by atoms with Crippen LogP contribution < -0.4 is 5.32 Å². The van der Waals surface area contributed by atoms with Gasteiger partial charge in [-0.1, -0.05) is 56.3 Å². The second kappa shape index (κ2) is 11.5. The number of likely N-dealkylation sites (tertiary alicyclic amines) is 1. The molecule has 2 unspecified atom stereocenters. The Morgan fingerprint density at radius 3 is 2.69 bits per heavy atom. The van der Waals surface area contributed by atoms with Gasteiger partial charge >= 0.3 is 0 Å². The highest BCUT2D eigenvalue weighted by Crippen LogP contribution is 2.32. The zero-order chi connectivity index (χ0) is 19.9. The number of aliphatic imine (C=N–C) groups is 1. The SMILES string of the molecule is CN=C(NCCCc1nc(C(C)C)no1)N1CCC(c2ccccc2)C(C)C1.I. The molecule has 29 heavy (non-hydrogen) atoms. The van der Waals surface area contributed by atoms with Crippen molar-refractivity contribution >= 4 is 29.9 Å². The van der Waals surface area contributed by atoms with Crippen LogP contribution in [-0.2, 0) is 6.42 Å². The van der Waals surface area contributed by atoms with Crippen LogP contribution in [0.25, 0.3) is 0 Å². The summed E-state index contributed by atoms with van der Waals surface area (Å²) >= 11 is 0. The Labute approximate surface area is 191 Å². The summed E-state index contributed by atoms with van der Waals surface area (Å²) in [6, 6.07) is 10.9. The second-order valence-electron chi connectivity index (χ2n) is 8.01. The van der Waals surface area contributed by atoms with Crippen molar-refractivity contribution in [1.29, 1.82) is 0 Å². The van der Waals surface area contributed by atoms with E-state index >= 15 is 0 Å². The molecule has 1 saturated heterocycles. The van der Waals surface area contributed by atoms with Crippen molar-refractivity contribution in [2.45, 2.75) is 51.9 Å². The van der Waals surface area contributed by atoms with Crippen molar-refractivity contribution in [2.75, 3.05) is 26.7 Å². The topological polar surface area (TPSA) is 66.5 Å². The summed E-state index contributed by atoms with van der Waals surface area (Å²) in [5.41, 5.74) is 1.46. The zero-order valence-electron chi connectivity index (χ0n) is 18.0. The number of benzene rings is 1. The third kappa shape index (κ3) is 6.42. The molecule has 1 aromatic carbocycles. The lowest BCUT2D eigenvalue weighted by molar-refractivity contribution is 0.234. The molecule has 1 fully saturated rings. The first kappa shape index (κ1) is 23.6. The van der Waals surface area contributed by atoms with E-state index in [0.717, 1.165) is 56.6 Å². The number of piperidine rings is 1. The molecule has 0 amide bonds. The normalized spacial score (nSPS) is 19.9. The molecule has 1 aliphatic rings. The minimum atomic E-state index is 0. The fraction of sp³-hybridized carbons (Fsp3) is 0.591. The predicted octanol–water partition coefficient (Wildman–Crippen LogP) is 4.44. The summed E-state index contributed by atoms with van der Waals surface area (Å²) in [4.78, 5) is 11.3. The Hall–Kier alpha value is -1.64. The number of halogens is 1. The lowest BCUT2D eigenvalue weighted by Gasteiger charge is -2.39. The van der Waals surface area contributed by atoms with Gasteiger partial charge in [-0.05, 0) is 30.2 Å². The first-order chi connectivity index (χ1) is 13.6. The number of hydrogen-bond acceptors (Lipinski definition) is 4. The van der Waals surface area contributed by atoms with Crippen molar-refractivity contribution < 1.29 is 4.52 Å². The van der Waals surface area contributed by atoms with Crippen LogP contribution in [0.1, 0.15) is 62.7 Å². The maximum atomic E-state index is 5.31. The van der Waals surface area contributed by atoms with Crippen LogP contribution in [0.4, 0.5) is 0 Å². The van der Waals surface area contributed by atoms with Gasteiger partial charge in [-0.25, -0.2) is 0 Å². The molecule has 2 atom stereocenters. The Morgan fingerprint density at radius 1 is 1.31 bits per heavy atom. The van der Waals surface area contributed by atoms with Crippen molar-refractivity contribution in [1.82, 2.24) is 20.4 Å². The summed E-state index contributed by atoms with van der Waals surface area (Å²) in [5, 5.41) is 7.52. The molecule has 0 saturated carbocycles. The molecule has 6 nitrogen and oxygen atoms in total. The highest BCUT2D eigenvalue weighted by molar-refractivity contribution is 14.0. The Kier molecular flexibility index (Phi) is 9.39. The molecule has 2 heterocycles. The smallest absolute Gasteiger partial charge is 0.226 e. The number of nitrogens with zero attached hydrogens (tertiary/aromatic N) is 4. The van der Waals surface area contributed by atoms with Crippen molar-refractivity contribution in [3.63, 3.8) is 0 Å². The summed E-state index contributed by atoms with van der Waals surface area (Å²) < 4.78 is 5.31. The highest BCUT2D eigenvalue weighted by atomic mass is 127. The molecule has 0 aliphatic carbocycles. The highest BCUT2D eigenvalue weighted by Gasteiger charge is 2.28. The van der Waals surface area contributed by atoms with Crippen LogP contribution in [0.5, 0.6) is 0 Å². The number of hydrogen-bond donors (Lipinski definition) is 1. The van der Waals surface area contributed by atoms with Crippen molar-refractivity contribution in [3.8, 4) is 0 Å². The van der Waals surface area contributed by atoms with Gasteiger partial charge in [0.1, 0.15) is 0 Å². The average Bonchev–Trinajstić information content (AvgIpc) is 3.18. The molecule has 1 aliphatic heterocycles. The molecule has 0 bridgehead atoms. The molecular formula is C22H34IN5O. The van der Waals surface area contributed by atoms with Gasteiger partial charge in [0.2, 0.25) is 5.89 Å². The Balaban J connectivity index is 0.00000300. The summed E-state index contributed by atoms with van der Waals surface area (Å²) in [6.45, 7) is 9.40. The van der Waals surface area contributed by atoms with Gasteiger partial charge in [0.25, 0.3) is 0 Å². The average molecular weight is 511 g/mol. The van der Waals surface area contributed by atoms with E-state index in [-0.39, 0.29) is 24.0 Å². The minimum absolute atomic E-state index is 0. The van der Waals surface area contributed by atoms with Crippen LogP contribution >= 0.6 is 24.0 Å². The molecule has 0 radical (unpaired) electrons. The van der Waals surface area contributed by atoms with Crippen LogP contribution in [0.15, 0.2) is 39.8 Å². The molecule has 3 rings (SSSR count). The molecular weight excluding hydrogens is 477 g/mol. The van der Waals surface area contributed by atoms with E-state index in [1.807, 2.05) is 7.05 Å². The standard InChI is InChI=1S/C22H33N5O.HI/c1-16(2)21-25-20(28-26-21)11-8-13-24-22(23-4)27-14-12-19(17(3)15-27)18-9-6-5-7-10-18;/h5-7,9-10,16-17,19H,8,11-15H2,1-4H3,(H,23,24);1H. The number of rotatable bonds is 6. The van der Waals surface area contributed by atoms with Gasteiger partial charge in [-0.15, -0.1) is 24.0 Å².